The van der Waals surface area contributed by atoms with Gasteiger partial charge < -0.3 is 0 Å². The zero-order valence-electron chi connectivity index (χ0n) is 13.8. The van der Waals surface area contributed by atoms with E-state index >= 15 is 0 Å². The first kappa shape index (κ1) is 18.7. The highest BCUT2D eigenvalue weighted by atomic mass is 28.3. The van der Waals surface area contributed by atoms with Gasteiger partial charge in [-0.3, -0.25) is 4.89 Å². The Bertz CT molecular complexity index is 464. The molecule has 0 aliphatic carbocycles. The van der Waals surface area contributed by atoms with Gasteiger partial charge in [-0.25, -0.2) is 4.79 Å². The maximum atomic E-state index is 11.9. The van der Waals surface area contributed by atoms with Crippen LogP contribution in [0.2, 0.25) is 12.1 Å². The van der Waals surface area contributed by atoms with Gasteiger partial charge in [0, 0.05) is 0 Å². The van der Waals surface area contributed by atoms with Crippen molar-refractivity contribution in [2.75, 3.05) is 6.61 Å². The summed E-state index contributed by atoms with van der Waals surface area (Å²) in [5.74, 6) is -0.444. The van der Waals surface area contributed by atoms with Crippen LogP contribution in [0.3, 0.4) is 0 Å². The van der Waals surface area contributed by atoms with Gasteiger partial charge in [0.05, 0.1) is 12.2 Å². The number of hydrogen-bond donors (Lipinski definition) is 0. The predicted molar refractivity (Wildman–Crippen MR) is 93.6 cm³/mol. The summed E-state index contributed by atoms with van der Waals surface area (Å²) in [5.41, 5.74) is 2.64. The van der Waals surface area contributed by atoms with Crippen molar-refractivity contribution in [2.24, 2.45) is 0 Å². The minimum atomic E-state index is -1.62. The molecule has 1 aromatic rings. The van der Waals surface area contributed by atoms with Gasteiger partial charge in [0.1, 0.15) is 8.07 Å². The fourth-order valence-corrected chi connectivity index (χ4v) is 5.44. The fraction of sp³-hybridized carbons (Fsp3) is 0.444. The van der Waals surface area contributed by atoms with E-state index in [-0.39, 0.29) is 0 Å². The molecule has 22 heavy (non-hydrogen) atoms. The topological polar surface area (TPSA) is 35.5 Å². The molecule has 0 unspecified atom stereocenters. The molecule has 1 rings (SSSR count). The minimum absolute atomic E-state index is 0.414. The highest BCUT2D eigenvalue weighted by Crippen LogP contribution is 2.17. The largest absolute Gasteiger partial charge is 0.373 e. The molecule has 0 atom stereocenters. The molecule has 1 radical (unpaired) electrons. The molecule has 0 amide bonds. The van der Waals surface area contributed by atoms with E-state index in [1.54, 1.807) is 0 Å². The molecular formula is C18H27O3Si. The summed E-state index contributed by atoms with van der Waals surface area (Å²) in [4.78, 5) is 21.6. The maximum Gasteiger partial charge on any atom is 0.373 e. The zero-order chi connectivity index (χ0) is 16.4. The molecule has 121 valence electrons. The Morgan fingerprint density at radius 3 is 2.32 bits per heavy atom. The van der Waals surface area contributed by atoms with E-state index in [9.17, 15) is 4.79 Å². The van der Waals surface area contributed by atoms with Gasteiger partial charge in [0.2, 0.25) is 0 Å². The van der Waals surface area contributed by atoms with Gasteiger partial charge in [-0.1, -0.05) is 68.7 Å². The number of rotatable bonds is 10. The van der Waals surface area contributed by atoms with E-state index in [1.165, 1.54) is 5.19 Å². The number of benzene rings is 1. The van der Waals surface area contributed by atoms with Crippen molar-refractivity contribution in [3.63, 3.8) is 0 Å². The molecule has 0 spiro atoms. The van der Waals surface area contributed by atoms with Crippen LogP contribution in [-0.2, 0) is 9.78 Å². The summed E-state index contributed by atoms with van der Waals surface area (Å²) in [5, 5.41) is 1.31. The lowest BCUT2D eigenvalue weighted by atomic mass is 10.2. The quantitative estimate of drug-likeness (QED) is 0.281. The molecule has 3 nitrogen and oxygen atoms in total. The Hall–Kier alpha value is -1.39. The van der Waals surface area contributed by atoms with E-state index in [0.29, 0.717) is 12.2 Å². The van der Waals surface area contributed by atoms with Crippen molar-refractivity contribution in [3.8, 4) is 0 Å². The third-order valence-electron chi connectivity index (χ3n) is 4.21. The predicted octanol–water partition coefficient (Wildman–Crippen LogP) is 4.20. The summed E-state index contributed by atoms with van der Waals surface area (Å²) < 4.78 is 0. The molecule has 0 heterocycles. The lowest BCUT2D eigenvalue weighted by molar-refractivity contribution is -0.241. The monoisotopic (exact) mass is 319 g/mol. The molecule has 4 heteroatoms. The van der Waals surface area contributed by atoms with Crippen molar-refractivity contribution in [2.45, 2.75) is 45.2 Å². The highest BCUT2D eigenvalue weighted by molar-refractivity contribution is 6.95. The lowest BCUT2D eigenvalue weighted by Gasteiger charge is -2.25. The maximum absolute atomic E-state index is 11.9. The highest BCUT2D eigenvalue weighted by Gasteiger charge is 2.27. The third-order valence-corrected chi connectivity index (χ3v) is 9.00. The molecule has 0 saturated heterocycles. The van der Waals surface area contributed by atoms with Crippen LogP contribution in [0.15, 0.2) is 36.5 Å². The molecule has 0 fully saturated rings. The molecule has 0 bridgehead atoms. The Morgan fingerprint density at radius 2 is 1.82 bits per heavy atom. The van der Waals surface area contributed by atoms with Gasteiger partial charge >= 0.3 is 5.97 Å². The standard InChI is InChI=1S/C18H27O3Si/c1-5-9-10-15-20-21-18(19)16-11-13-17(14-12-16)22(6-2,7-3)8-4/h6,11-14H,1-2,5,7-10,15H2,3-4H3. The van der Waals surface area contributed by atoms with E-state index in [2.05, 4.69) is 33.0 Å². The average Bonchev–Trinajstić information content (AvgIpc) is 2.57. The second-order valence-corrected chi connectivity index (χ2v) is 10.1. The van der Waals surface area contributed by atoms with E-state index in [0.717, 1.165) is 31.4 Å². The second kappa shape index (κ2) is 9.59. The van der Waals surface area contributed by atoms with Crippen molar-refractivity contribution in [3.05, 3.63) is 49.0 Å². The smallest absolute Gasteiger partial charge is 0.293 e. The first-order valence-corrected chi connectivity index (χ1v) is 10.5. The molecule has 0 aromatic heterocycles. The van der Waals surface area contributed by atoms with Crippen LogP contribution in [0, 0.1) is 6.92 Å². The van der Waals surface area contributed by atoms with E-state index < -0.39 is 14.0 Å². The Labute approximate surface area is 135 Å². The Balaban J connectivity index is 2.64. The molecule has 0 N–H and O–H groups in total. The molecule has 0 aliphatic rings. The summed E-state index contributed by atoms with van der Waals surface area (Å²) in [6.07, 6.45) is 2.67. The first-order chi connectivity index (χ1) is 10.6. The third kappa shape index (κ3) is 4.82. The van der Waals surface area contributed by atoms with Crippen molar-refractivity contribution >= 4 is 19.2 Å². The van der Waals surface area contributed by atoms with Crippen molar-refractivity contribution in [1.29, 1.82) is 0 Å². The summed E-state index contributed by atoms with van der Waals surface area (Å²) in [7, 11) is -1.62. The van der Waals surface area contributed by atoms with Gasteiger partial charge in [-0.2, -0.15) is 4.89 Å². The van der Waals surface area contributed by atoms with Crippen LogP contribution in [-0.4, -0.2) is 20.7 Å². The number of hydrogen-bond acceptors (Lipinski definition) is 3. The van der Waals surface area contributed by atoms with Gasteiger partial charge in [0.15, 0.2) is 0 Å². The zero-order valence-corrected chi connectivity index (χ0v) is 14.8. The second-order valence-electron chi connectivity index (χ2n) is 5.40. The summed E-state index contributed by atoms with van der Waals surface area (Å²) >= 11 is 0. The molecule has 0 aliphatic heterocycles. The molecule has 0 saturated carbocycles. The lowest BCUT2D eigenvalue weighted by Crippen LogP contribution is -2.44. The molecule has 1 aromatic carbocycles. The van der Waals surface area contributed by atoms with E-state index in [1.807, 2.05) is 24.3 Å². The average molecular weight is 319 g/mol. The normalized spacial score (nSPS) is 11.2. The van der Waals surface area contributed by atoms with Crippen LogP contribution in [0.5, 0.6) is 0 Å². The van der Waals surface area contributed by atoms with Crippen LogP contribution < -0.4 is 5.19 Å². The van der Waals surface area contributed by atoms with Crippen LogP contribution in [0.4, 0.5) is 0 Å². The Kier molecular flexibility index (Phi) is 8.13. The van der Waals surface area contributed by atoms with E-state index in [4.69, 9.17) is 9.78 Å². The number of carbonyl (C=O) groups is 1. The van der Waals surface area contributed by atoms with Gasteiger partial charge in [-0.15, -0.1) is 6.58 Å². The minimum Gasteiger partial charge on any atom is -0.293 e. The van der Waals surface area contributed by atoms with Crippen LogP contribution >= 0.6 is 0 Å². The SMILES string of the molecule is [CH2]CCCCOOC(=O)c1ccc([Si](C=C)(CC)CC)cc1. The van der Waals surface area contributed by atoms with Gasteiger partial charge in [0.25, 0.3) is 0 Å². The first-order valence-electron chi connectivity index (χ1n) is 8.00. The fourth-order valence-electron chi connectivity index (χ4n) is 2.48. The van der Waals surface area contributed by atoms with Gasteiger partial charge in [-0.05, 0) is 18.6 Å². The summed E-state index contributed by atoms with van der Waals surface area (Å²) in [6.45, 7) is 12.6. The van der Waals surface area contributed by atoms with Crippen molar-refractivity contribution < 1.29 is 14.6 Å². The Morgan fingerprint density at radius 1 is 1.18 bits per heavy atom. The van der Waals surface area contributed by atoms with Crippen molar-refractivity contribution in [1.82, 2.24) is 0 Å². The number of unbranched alkanes of at least 4 members (excludes halogenated alkanes) is 2. The van der Waals surface area contributed by atoms with Crippen LogP contribution in [0.25, 0.3) is 0 Å². The molecular weight excluding hydrogens is 292 g/mol. The number of carbonyl (C=O) groups excluding carboxylic acids is 1. The van der Waals surface area contributed by atoms with Crippen LogP contribution in [0.1, 0.15) is 43.5 Å². The summed E-state index contributed by atoms with van der Waals surface area (Å²) in [6, 6.07) is 9.92.